The van der Waals surface area contributed by atoms with Crippen molar-refractivity contribution in [3.63, 3.8) is 0 Å². The van der Waals surface area contributed by atoms with E-state index >= 15 is 0 Å². The van der Waals surface area contributed by atoms with E-state index in [1.54, 1.807) is 10.9 Å². The van der Waals surface area contributed by atoms with Crippen molar-refractivity contribution in [1.29, 1.82) is 0 Å². The van der Waals surface area contributed by atoms with Crippen LogP contribution in [0.5, 0.6) is 0 Å². The second-order valence-electron chi connectivity index (χ2n) is 6.63. The molecular weight excluding hydrogens is 250 g/mol. The lowest BCUT2D eigenvalue weighted by Gasteiger charge is -2.38. The van der Waals surface area contributed by atoms with Gasteiger partial charge in [-0.05, 0) is 37.5 Å². The number of rotatable bonds is 6. The molecule has 20 heavy (non-hydrogen) atoms. The fourth-order valence-corrected chi connectivity index (χ4v) is 3.81. The van der Waals surface area contributed by atoms with E-state index in [-0.39, 0.29) is 0 Å². The summed E-state index contributed by atoms with van der Waals surface area (Å²) in [6.07, 6.45) is 12.9. The maximum absolute atomic E-state index is 10.3. The first kappa shape index (κ1) is 14.1. The summed E-state index contributed by atoms with van der Waals surface area (Å²) in [5.74, 6) is 1.68. The van der Waals surface area contributed by atoms with Crippen molar-refractivity contribution in [3.05, 3.63) is 18.0 Å². The summed E-state index contributed by atoms with van der Waals surface area (Å²) in [5.41, 5.74) is 0.916. The largest absolute Gasteiger partial charge is 0.387 e. The molecule has 2 aliphatic rings. The van der Waals surface area contributed by atoms with Gasteiger partial charge in [0.25, 0.3) is 0 Å². The Morgan fingerprint density at radius 3 is 2.40 bits per heavy atom. The highest BCUT2D eigenvalue weighted by Crippen LogP contribution is 2.38. The standard InChI is InChI=1S/C16H27N3O/c1-19-11-14(9-18-19)15(20)10-17-16(13-7-4-8-13)12-5-2-3-6-12/h9,11-13,15-17,20H,2-8,10H2,1H3. The van der Waals surface area contributed by atoms with Crippen molar-refractivity contribution in [2.45, 2.75) is 57.1 Å². The third-order valence-corrected chi connectivity index (χ3v) is 5.22. The first-order valence-corrected chi connectivity index (χ1v) is 8.14. The van der Waals surface area contributed by atoms with Crippen molar-refractivity contribution < 1.29 is 5.11 Å². The van der Waals surface area contributed by atoms with Gasteiger partial charge in [-0.3, -0.25) is 4.68 Å². The molecular formula is C16H27N3O. The van der Waals surface area contributed by atoms with Gasteiger partial charge in [0, 0.05) is 31.4 Å². The van der Waals surface area contributed by atoms with Gasteiger partial charge in [0.2, 0.25) is 0 Å². The molecule has 1 aromatic heterocycles. The Hall–Kier alpha value is -0.870. The average molecular weight is 277 g/mol. The van der Waals surface area contributed by atoms with E-state index in [0.717, 1.165) is 17.4 Å². The Kier molecular flexibility index (Phi) is 4.41. The Morgan fingerprint density at radius 2 is 1.90 bits per heavy atom. The van der Waals surface area contributed by atoms with Gasteiger partial charge in [0.15, 0.2) is 0 Å². The van der Waals surface area contributed by atoms with Crippen LogP contribution in [-0.4, -0.2) is 27.5 Å². The molecule has 0 amide bonds. The smallest absolute Gasteiger partial charge is 0.0944 e. The summed E-state index contributed by atoms with van der Waals surface area (Å²) in [4.78, 5) is 0. The van der Waals surface area contributed by atoms with E-state index in [2.05, 4.69) is 10.4 Å². The van der Waals surface area contributed by atoms with E-state index in [0.29, 0.717) is 12.6 Å². The molecule has 0 aliphatic heterocycles. The lowest BCUT2D eigenvalue weighted by molar-refractivity contribution is 0.130. The summed E-state index contributed by atoms with van der Waals surface area (Å²) in [5, 5.41) is 18.1. The van der Waals surface area contributed by atoms with Crippen LogP contribution in [0.3, 0.4) is 0 Å². The van der Waals surface area contributed by atoms with Crippen LogP contribution in [0.25, 0.3) is 0 Å². The molecule has 0 spiro atoms. The molecule has 3 rings (SSSR count). The van der Waals surface area contributed by atoms with Crippen molar-refractivity contribution >= 4 is 0 Å². The quantitative estimate of drug-likeness (QED) is 0.839. The number of nitrogens with zero attached hydrogens (tertiary/aromatic N) is 2. The summed E-state index contributed by atoms with van der Waals surface area (Å²) in [6.45, 7) is 0.656. The molecule has 2 saturated carbocycles. The highest BCUT2D eigenvalue weighted by atomic mass is 16.3. The second kappa shape index (κ2) is 6.27. The molecule has 2 fully saturated rings. The maximum Gasteiger partial charge on any atom is 0.0944 e. The van der Waals surface area contributed by atoms with Crippen LogP contribution in [0.2, 0.25) is 0 Å². The number of aliphatic hydroxyl groups excluding tert-OH is 1. The number of aliphatic hydroxyl groups is 1. The van der Waals surface area contributed by atoms with Gasteiger partial charge in [-0.1, -0.05) is 19.3 Å². The monoisotopic (exact) mass is 277 g/mol. The van der Waals surface area contributed by atoms with Crippen LogP contribution < -0.4 is 5.32 Å². The minimum Gasteiger partial charge on any atom is -0.387 e. The molecule has 2 unspecified atom stereocenters. The van der Waals surface area contributed by atoms with E-state index in [4.69, 9.17) is 0 Å². The first-order chi connectivity index (χ1) is 9.74. The van der Waals surface area contributed by atoms with Crippen LogP contribution >= 0.6 is 0 Å². The molecule has 112 valence electrons. The molecule has 0 bridgehead atoms. The zero-order chi connectivity index (χ0) is 13.9. The average Bonchev–Trinajstić information content (AvgIpc) is 3.02. The Morgan fingerprint density at radius 1 is 1.25 bits per heavy atom. The topological polar surface area (TPSA) is 50.1 Å². The van der Waals surface area contributed by atoms with Crippen LogP contribution in [0.1, 0.15) is 56.6 Å². The lowest BCUT2D eigenvalue weighted by Crippen LogP contribution is -2.45. The predicted octanol–water partition coefficient (Wildman–Crippen LogP) is 2.40. The van der Waals surface area contributed by atoms with Gasteiger partial charge < -0.3 is 10.4 Å². The molecule has 4 heteroatoms. The van der Waals surface area contributed by atoms with Gasteiger partial charge in [0.05, 0.1) is 12.3 Å². The molecule has 2 N–H and O–H groups in total. The minimum atomic E-state index is -0.437. The molecule has 4 nitrogen and oxygen atoms in total. The fourth-order valence-electron chi connectivity index (χ4n) is 3.81. The third-order valence-electron chi connectivity index (χ3n) is 5.22. The van der Waals surface area contributed by atoms with Gasteiger partial charge in [-0.15, -0.1) is 0 Å². The molecule has 0 saturated heterocycles. The summed E-state index contributed by atoms with van der Waals surface area (Å²) >= 11 is 0. The Bertz CT molecular complexity index is 421. The molecule has 0 radical (unpaired) electrons. The van der Waals surface area contributed by atoms with Crippen molar-refractivity contribution in [1.82, 2.24) is 15.1 Å². The van der Waals surface area contributed by atoms with E-state index in [9.17, 15) is 5.11 Å². The molecule has 1 heterocycles. The van der Waals surface area contributed by atoms with Crippen LogP contribution in [0.15, 0.2) is 12.4 Å². The molecule has 2 aliphatic carbocycles. The van der Waals surface area contributed by atoms with E-state index in [1.165, 1.54) is 44.9 Å². The highest BCUT2D eigenvalue weighted by Gasteiger charge is 2.34. The van der Waals surface area contributed by atoms with Crippen LogP contribution in [0, 0.1) is 11.8 Å². The fraction of sp³-hybridized carbons (Fsp3) is 0.812. The molecule has 1 aromatic rings. The zero-order valence-corrected chi connectivity index (χ0v) is 12.5. The van der Waals surface area contributed by atoms with Gasteiger partial charge in [-0.2, -0.15) is 5.10 Å². The number of hydrogen-bond donors (Lipinski definition) is 2. The number of aromatic nitrogens is 2. The Labute approximate surface area is 121 Å². The number of hydrogen-bond acceptors (Lipinski definition) is 3. The summed E-state index contributed by atoms with van der Waals surface area (Å²) in [7, 11) is 1.89. The van der Waals surface area contributed by atoms with E-state index < -0.39 is 6.10 Å². The van der Waals surface area contributed by atoms with Gasteiger partial charge in [0.1, 0.15) is 0 Å². The molecule has 0 aromatic carbocycles. The maximum atomic E-state index is 10.3. The number of aryl methyl sites for hydroxylation is 1. The normalized spacial score (nSPS) is 23.7. The predicted molar refractivity (Wildman–Crippen MR) is 79.3 cm³/mol. The molecule has 2 atom stereocenters. The van der Waals surface area contributed by atoms with Gasteiger partial charge >= 0.3 is 0 Å². The number of nitrogens with one attached hydrogen (secondary N) is 1. The highest BCUT2D eigenvalue weighted by molar-refractivity contribution is 5.08. The Balaban J connectivity index is 1.55. The summed E-state index contributed by atoms with van der Waals surface area (Å²) in [6, 6.07) is 0.623. The minimum absolute atomic E-state index is 0.437. The van der Waals surface area contributed by atoms with Crippen LogP contribution in [-0.2, 0) is 7.05 Å². The van der Waals surface area contributed by atoms with Crippen molar-refractivity contribution in [2.75, 3.05) is 6.54 Å². The van der Waals surface area contributed by atoms with Crippen LogP contribution in [0.4, 0.5) is 0 Å². The second-order valence-corrected chi connectivity index (χ2v) is 6.63. The third kappa shape index (κ3) is 3.07. The lowest BCUT2D eigenvalue weighted by atomic mass is 9.74. The van der Waals surface area contributed by atoms with Crippen molar-refractivity contribution in [2.24, 2.45) is 18.9 Å². The summed E-state index contributed by atoms with van der Waals surface area (Å²) < 4.78 is 1.75. The van der Waals surface area contributed by atoms with E-state index in [1.807, 2.05) is 13.2 Å². The van der Waals surface area contributed by atoms with Crippen molar-refractivity contribution in [3.8, 4) is 0 Å². The SMILES string of the molecule is Cn1cc(C(O)CNC(C2CCCC2)C2CCC2)cn1. The van der Waals surface area contributed by atoms with Gasteiger partial charge in [-0.25, -0.2) is 0 Å². The first-order valence-electron chi connectivity index (χ1n) is 8.14. The zero-order valence-electron chi connectivity index (χ0n) is 12.5.